The summed E-state index contributed by atoms with van der Waals surface area (Å²) in [4.78, 5) is 9.45. The molecule has 1 atom stereocenters. The molecule has 1 aromatic carbocycles. The molecular weight excluding hydrogens is 261 g/mol. The molecule has 0 spiro atoms. The number of benzene rings is 1. The quantitative estimate of drug-likeness (QED) is 0.677. The zero-order valence-corrected chi connectivity index (χ0v) is 9.29. The smallest absolute Gasteiger partial charge is 0.319 e. The molecule has 1 rings (SSSR count). The average molecular weight is 271 g/mol. The zero-order chi connectivity index (χ0) is 12.3. The molecule has 2 N–H and O–H groups in total. The minimum atomic E-state index is -4.55. The van der Waals surface area contributed by atoms with Gasteiger partial charge in [0.2, 0.25) is 6.54 Å². The van der Waals surface area contributed by atoms with E-state index in [9.17, 15) is 23.3 Å². The third-order valence-electron chi connectivity index (χ3n) is 2.01. The molecule has 0 aliphatic rings. The molecule has 96 valence electrons. The second kappa shape index (κ2) is 5.83. The lowest BCUT2D eigenvalue weighted by molar-refractivity contribution is -0.483. The van der Waals surface area contributed by atoms with Crippen molar-refractivity contribution in [3.8, 4) is 0 Å². The molecule has 0 saturated heterocycles. The van der Waals surface area contributed by atoms with E-state index in [0.29, 0.717) is 0 Å². The highest BCUT2D eigenvalue weighted by Crippen LogP contribution is 2.33. The van der Waals surface area contributed by atoms with Crippen LogP contribution >= 0.6 is 12.4 Å². The van der Waals surface area contributed by atoms with E-state index in [2.05, 4.69) is 0 Å². The Morgan fingerprint density at radius 1 is 1.35 bits per heavy atom. The SMILES string of the molecule is Cl.NC(C[N+](=O)[O-])c1ccccc1C(F)(F)F. The predicted octanol–water partition coefficient (Wildman–Crippen LogP) is 2.40. The summed E-state index contributed by atoms with van der Waals surface area (Å²) in [5, 5.41) is 10.2. The number of hydrogen-bond donors (Lipinski definition) is 1. The standard InChI is InChI=1S/C9H9F3N2O2.ClH/c10-9(11,12)7-4-2-1-3-6(7)8(13)5-14(15)16;/h1-4,8H,5,13H2;1H. The maximum atomic E-state index is 12.5. The van der Waals surface area contributed by atoms with Crippen molar-refractivity contribution in [3.05, 3.63) is 45.5 Å². The van der Waals surface area contributed by atoms with Gasteiger partial charge in [0.25, 0.3) is 0 Å². The number of alkyl halides is 3. The summed E-state index contributed by atoms with van der Waals surface area (Å²) in [6.07, 6.45) is -4.55. The van der Waals surface area contributed by atoms with Crippen LogP contribution in [0.5, 0.6) is 0 Å². The molecule has 0 aromatic heterocycles. The van der Waals surface area contributed by atoms with Crippen LogP contribution in [-0.2, 0) is 6.18 Å². The Morgan fingerprint density at radius 3 is 2.35 bits per heavy atom. The van der Waals surface area contributed by atoms with E-state index in [0.717, 1.165) is 12.1 Å². The van der Waals surface area contributed by atoms with E-state index in [-0.39, 0.29) is 18.0 Å². The molecule has 0 bridgehead atoms. The summed E-state index contributed by atoms with van der Waals surface area (Å²) >= 11 is 0. The minimum absolute atomic E-state index is 0. The Kier molecular flexibility index (Phi) is 5.37. The van der Waals surface area contributed by atoms with Crippen molar-refractivity contribution in [2.75, 3.05) is 6.54 Å². The summed E-state index contributed by atoms with van der Waals surface area (Å²) in [6, 6.07) is 3.33. The lowest BCUT2D eigenvalue weighted by Gasteiger charge is -2.15. The van der Waals surface area contributed by atoms with Crippen molar-refractivity contribution in [2.24, 2.45) is 5.73 Å². The average Bonchev–Trinajstić information content (AvgIpc) is 2.15. The van der Waals surface area contributed by atoms with E-state index < -0.39 is 29.2 Å². The highest BCUT2D eigenvalue weighted by molar-refractivity contribution is 5.85. The molecule has 0 radical (unpaired) electrons. The fraction of sp³-hybridized carbons (Fsp3) is 0.333. The Labute approximate surface area is 101 Å². The first-order chi connectivity index (χ1) is 7.32. The number of nitro groups is 1. The van der Waals surface area contributed by atoms with Crippen LogP contribution in [0, 0.1) is 10.1 Å². The first kappa shape index (κ1) is 15.7. The summed E-state index contributed by atoms with van der Waals surface area (Å²) < 4.78 is 37.6. The molecule has 0 amide bonds. The Balaban J connectivity index is 0.00000256. The third kappa shape index (κ3) is 4.20. The van der Waals surface area contributed by atoms with Gasteiger partial charge in [-0.25, -0.2) is 0 Å². The van der Waals surface area contributed by atoms with Crippen LogP contribution in [-0.4, -0.2) is 11.5 Å². The monoisotopic (exact) mass is 270 g/mol. The van der Waals surface area contributed by atoms with Gasteiger partial charge < -0.3 is 5.73 Å². The van der Waals surface area contributed by atoms with Gasteiger partial charge >= 0.3 is 6.18 Å². The molecule has 1 unspecified atom stereocenters. The van der Waals surface area contributed by atoms with Crippen molar-refractivity contribution in [1.82, 2.24) is 0 Å². The lowest BCUT2D eigenvalue weighted by Crippen LogP contribution is -2.23. The van der Waals surface area contributed by atoms with Gasteiger partial charge in [0.15, 0.2) is 0 Å². The van der Waals surface area contributed by atoms with E-state index >= 15 is 0 Å². The van der Waals surface area contributed by atoms with Crippen molar-refractivity contribution in [3.63, 3.8) is 0 Å². The predicted molar refractivity (Wildman–Crippen MR) is 57.5 cm³/mol. The van der Waals surface area contributed by atoms with Gasteiger partial charge in [-0.1, -0.05) is 18.2 Å². The molecule has 17 heavy (non-hydrogen) atoms. The summed E-state index contributed by atoms with van der Waals surface area (Å²) in [5.41, 5.74) is 4.17. The zero-order valence-electron chi connectivity index (χ0n) is 8.48. The van der Waals surface area contributed by atoms with Crippen molar-refractivity contribution in [1.29, 1.82) is 0 Å². The summed E-state index contributed by atoms with van der Waals surface area (Å²) in [5.74, 6) is 0. The second-order valence-electron chi connectivity index (χ2n) is 3.21. The van der Waals surface area contributed by atoms with Crippen LogP contribution < -0.4 is 5.73 Å². The van der Waals surface area contributed by atoms with Crippen LogP contribution in [0.1, 0.15) is 17.2 Å². The van der Waals surface area contributed by atoms with Gasteiger partial charge in [0, 0.05) is 4.92 Å². The van der Waals surface area contributed by atoms with E-state index in [1.165, 1.54) is 12.1 Å². The fourth-order valence-electron chi connectivity index (χ4n) is 1.34. The van der Waals surface area contributed by atoms with E-state index in [1.807, 2.05) is 0 Å². The Hall–Kier alpha value is -1.34. The van der Waals surface area contributed by atoms with Gasteiger partial charge in [-0.2, -0.15) is 13.2 Å². The van der Waals surface area contributed by atoms with Crippen LogP contribution in [0.25, 0.3) is 0 Å². The van der Waals surface area contributed by atoms with Crippen LogP contribution in [0.2, 0.25) is 0 Å². The van der Waals surface area contributed by atoms with Crippen molar-refractivity contribution in [2.45, 2.75) is 12.2 Å². The summed E-state index contributed by atoms with van der Waals surface area (Å²) in [7, 11) is 0. The topological polar surface area (TPSA) is 69.2 Å². The normalized spacial score (nSPS) is 12.7. The summed E-state index contributed by atoms with van der Waals surface area (Å²) in [6.45, 7) is -0.729. The fourth-order valence-corrected chi connectivity index (χ4v) is 1.34. The minimum Gasteiger partial charge on any atom is -0.319 e. The first-order valence-electron chi connectivity index (χ1n) is 4.36. The Morgan fingerprint density at radius 2 is 1.88 bits per heavy atom. The van der Waals surface area contributed by atoms with Crippen LogP contribution in [0.3, 0.4) is 0 Å². The maximum absolute atomic E-state index is 12.5. The number of rotatable bonds is 3. The van der Waals surface area contributed by atoms with Crippen LogP contribution in [0.15, 0.2) is 24.3 Å². The molecule has 8 heteroatoms. The lowest BCUT2D eigenvalue weighted by atomic mass is 10.0. The van der Waals surface area contributed by atoms with Crippen LogP contribution in [0.4, 0.5) is 13.2 Å². The molecule has 0 saturated carbocycles. The number of halogens is 4. The van der Waals surface area contributed by atoms with Crippen molar-refractivity contribution >= 4 is 12.4 Å². The first-order valence-corrected chi connectivity index (χ1v) is 4.36. The third-order valence-corrected chi connectivity index (χ3v) is 2.01. The van der Waals surface area contributed by atoms with Gasteiger partial charge in [-0.05, 0) is 11.6 Å². The Bertz CT molecular complexity index is 398. The molecule has 4 nitrogen and oxygen atoms in total. The molecule has 1 aromatic rings. The van der Waals surface area contributed by atoms with Gasteiger partial charge in [0.1, 0.15) is 0 Å². The highest BCUT2D eigenvalue weighted by Gasteiger charge is 2.35. The molecule has 0 aliphatic heterocycles. The van der Waals surface area contributed by atoms with Crippen molar-refractivity contribution < 1.29 is 18.1 Å². The second-order valence-corrected chi connectivity index (χ2v) is 3.21. The van der Waals surface area contributed by atoms with E-state index in [1.54, 1.807) is 0 Å². The number of nitrogens with two attached hydrogens (primary N) is 1. The van der Waals surface area contributed by atoms with Gasteiger partial charge in [-0.15, -0.1) is 12.4 Å². The highest BCUT2D eigenvalue weighted by atomic mass is 35.5. The molecule has 0 fully saturated rings. The number of nitrogens with zero attached hydrogens (tertiary/aromatic N) is 1. The largest absolute Gasteiger partial charge is 0.416 e. The van der Waals surface area contributed by atoms with Gasteiger partial charge in [0.05, 0.1) is 11.6 Å². The molecule has 0 aliphatic carbocycles. The van der Waals surface area contributed by atoms with Gasteiger partial charge in [-0.3, -0.25) is 10.1 Å². The maximum Gasteiger partial charge on any atom is 0.416 e. The van der Waals surface area contributed by atoms with E-state index in [4.69, 9.17) is 5.73 Å². The molecular formula is C9H10ClF3N2O2. The molecule has 0 heterocycles. The number of hydrogen-bond acceptors (Lipinski definition) is 3.